The van der Waals surface area contributed by atoms with Crippen LogP contribution in [-0.2, 0) is 9.47 Å². The van der Waals surface area contributed by atoms with Gasteiger partial charge >= 0.3 is 5.79 Å². The molecule has 4 nitrogen and oxygen atoms in total. The molecule has 4 heteroatoms. The minimum Gasteiger partial charge on any atom is -0.376 e. The lowest BCUT2D eigenvalue weighted by atomic mass is 9.91. The molecular formula is C14H10N2O2. The third-order valence-electron chi connectivity index (χ3n) is 2.70. The van der Waals surface area contributed by atoms with Crippen LogP contribution in [0.15, 0.2) is 48.6 Å². The van der Waals surface area contributed by atoms with Crippen molar-refractivity contribution in [3.8, 4) is 12.5 Å². The molecule has 0 amide bonds. The Morgan fingerprint density at radius 3 is 2.33 bits per heavy atom. The minimum atomic E-state index is -1.35. The Hall–Kier alpha value is -2.72. The average molecular weight is 238 g/mol. The first-order chi connectivity index (χ1) is 8.82. The van der Waals surface area contributed by atoms with Crippen LogP contribution in [0, 0.1) is 23.0 Å². The van der Waals surface area contributed by atoms with E-state index in [1.54, 1.807) is 24.7 Å². The van der Waals surface area contributed by atoms with Crippen LogP contribution in [-0.4, -0.2) is 5.79 Å². The maximum Gasteiger partial charge on any atom is 0.305 e. The molecule has 2 rings (SSSR count). The Labute approximate surface area is 105 Å². The Balaban J connectivity index is 2.47. The van der Waals surface area contributed by atoms with E-state index in [2.05, 4.69) is 0 Å². The summed E-state index contributed by atoms with van der Waals surface area (Å²) in [5.74, 6) is -1.35. The van der Waals surface area contributed by atoms with Gasteiger partial charge in [-0.3, -0.25) is 0 Å². The quantitative estimate of drug-likeness (QED) is 0.599. The van der Waals surface area contributed by atoms with E-state index < -0.39 is 5.79 Å². The van der Waals surface area contributed by atoms with Crippen molar-refractivity contribution in [2.24, 2.45) is 0 Å². The SMILES string of the molecule is N#COC1(OC#N)CC=CC=C1c1ccccc1. The van der Waals surface area contributed by atoms with Crippen LogP contribution in [0.3, 0.4) is 0 Å². The molecule has 0 unspecified atom stereocenters. The topological polar surface area (TPSA) is 66.0 Å². The van der Waals surface area contributed by atoms with E-state index in [-0.39, 0.29) is 0 Å². The molecule has 1 aliphatic rings. The first-order valence-corrected chi connectivity index (χ1v) is 5.39. The summed E-state index contributed by atoms with van der Waals surface area (Å²) in [7, 11) is 0. The van der Waals surface area contributed by atoms with Gasteiger partial charge in [-0.15, -0.1) is 0 Å². The van der Waals surface area contributed by atoms with Gasteiger partial charge in [-0.25, -0.2) is 0 Å². The van der Waals surface area contributed by atoms with Crippen LogP contribution >= 0.6 is 0 Å². The van der Waals surface area contributed by atoms with Crippen molar-refractivity contribution >= 4 is 5.57 Å². The standard InChI is InChI=1S/C14H10N2O2/c15-10-17-14(18-11-16)9-5-4-8-13(14)12-6-2-1-3-7-12/h1-8H,9H2. The van der Waals surface area contributed by atoms with Crippen molar-refractivity contribution in [1.82, 2.24) is 0 Å². The third kappa shape index (κ3) is 2.05. The van der Waals surface area contributed by atoms with E-state index >= 15 is 0 Å². The van der Waals surface area contributed by atoms with Gasteiger partial charge in [0.05, 0.1) is 0 Å². The maximum absolute atomic E-state index is 8.76. The largest absolute Gasteiger partial charge is 0.376 e. The zero-order valence-corrected chi connectivity index (χ0v) is 9.54. The van der Waals surface area contributed by atoms with Crippen LogP contribution < -0.4 is 0 Å². The number of nitrogens with zero attached hydrogens (tertiary/aromatic N) is 2. The highest BCUT2D eigenvalue weighted by atomic mass is 16.7. The molecule has 1 aliphatic carbocycles. The van der Waals surface area contributed by atoms with Crippen LogP contribution in [0.1, 0.15) is 12.0 Å². The number of benzene rings is 1. The number of hydrogen-bond acceptors (Lipinski definition) is 4. The molecule has 0 saturated heterocycles. The van der Waals surface area contributed by atoms with Gasteiger partial charge in [-0.05, 0) is 5.56 Å². The van der Waals surface area contributed by atoms with Gasteiger partial charge in [0.1, 0.15) is 0 Å². The van der Waals surface area contributed by atoms with Gasteiger partial charge in [0, 0.05) is 12.0 Å². The van der Waals surface area contributed by atoms with Crippen LogP contribution in [0.4, 0.5) is 0 Å². The maximum atomic E-state index is 8.76. The average Bonchev–Trinajstić information content (AvgIpc) is 2.41. The number of nitriles is 2. The van der Waals surface area contributed by atoms with Gasteiger partial charge in [-0.1, -0.05) is 48.6 Å². The molecule has 88 valence electrons. The van der Waals surface area contributed by atoms with Crippen molar-refractivity contribution < 1.29 is 9.47 Å². The zero-order chi connectivity index (χ0) is 12.8. The van der Waals surface area contributed by atoms with Gasteiger partial charge in [0.25, 0.3) is 12.5 Å². The summed E-state index contributed by atoms with van der Waals surface area (Å²) in [5.41, 5.74) is 1.51. The smallest absolute Gasteiger partial charge is 0.305 e. The predicted octanol–water partition coefficient (Wildman–Crippen LogP) is 2.72. The fourth-order valence-electron chi connectivity index (χ4n) is 1.92. The monoisotopic (exact) mass is 238 g/mol. The van der Waals surface area contributed by atoms with Gasteiger partial charge < -0.3 is 9.47 Å². The summed E-state index contributed by atoms with van der Waals surface area (Å²) < 4.78 is 10.0. The first kappa shape index (κ1) is 11.8. The van der Waals surface area contributed by atoms with Crippen molar-refractivity contribution in [1.29, 1.82) is 10.5 Å². The Kier molecular flexibility index (Phi) is 3.31. The molecule has 0 heterocycles. The van der Waals surface area contributed by atoms with Crippen molar-refractivity contribution in [3.05, 3.63) is 54.1 Å². The molecule has 0 aliphatic heterocycles. The molecule has 0 bridgehead atoms. The Morgan fingerprint density at radius 1 is 1.06 bits per heavy atom. The number of ether oxygens (including phenoxy) is 2. The lowest BCUT2D eigenvalue weighted by Gasteiger charge is -2.30. The summed E-state index contributed by atoms with van der Waals surface area (Å²) >= 11 is 0. The van der Waals surface area contributed by atoms with E-state index in [0.29, 0.717) is 12.0 Å². The molecule has 0 fully saturated rings. The molecule has 0 radical (unpaired) electrons. The number of allylic oxidation sites excluding steroid dienone is 2. The number of rotatable bonds is 3. The molecule has 1 aromatic rings. The molecular weight excluding hydrogens is 228 g/mol. The van der Waals surface area contributed by atoms with E-state index in [1.807, 2.05) is 36.4 Å². The Bertz CT molecular complexity index is 546. The number of hydrogen-bond donors (Lipinski definition) is 0. The molecule has 0 saturated carbocycles. The minimum absolute atomic E-state index is 0.314. The van der Waals surface area contributed by atoms with Gasteiger partial charge in [0.15, 0.2) is 0 Å². The molecule has 0 spiro atoms. The highest BCUT2D eigenvalue weighted by molar-refractivity contribution is 5.74. The summed E-state index contributed by atoms with van der Waals surface area (Å²) in [6.07, 6.45) is 8.97. The van der Waals surface area contributed by atoms with E-state index in [1.165, 1.54) is 0 Å². The van der Waals surface area contributed by atoms with E-state index in [4.69, 9.17) is 20.0 Å². The fourth-order valence-corrected chi connectivity index (χ4v) is 1.92. The van der Waals surface area contributed by atoms with Crippen molar-refractivity contribution in [2.75, 3.05) is 0 Å². The van der Waals surface area contributed by atoms with Gasteiger partial charge in [-0.2, -0.15) is 10.5 Å². The fraction of sp³-hybridized carbons (Fsp3) is 0.143. The molecule has 0 N–H and O–H groups in total. The second-order valence-corrected chi connectivity index (χ2v) is 3.72. The highest BCUT2D eigenvalue weighted by Crippen LogP contribution is 2.37. The van der Waals surface area contributed by atoms with E-state index in [9.17, 15) is 0 Å². The first-order valence-electron chi connectivity index (χ1n) is 5.39. The normalized spacial score (nSPS) is 16.0. The van der Waals surface area contributed by atoms with Crippen molar-refractivity contribution in [3.63, 3.8) is 0 Å². The Morgan fingerprint density at radius 2 is 1.72 bits per heavy atom. The van der Waals surface area contributed by atoms with Crippen LogP contribution in [0.2, 0.25) is 0 Å². The predicted molar refractivity (Wildman–Crippen MR) is 64.3 cm³/mol. The van der Waals surface area contributed by atoms with E-state index in [0.717, 1.165) is 5.56 Å². The summed E-state index contributed by atoms with van der Waals surface area (Å²) in [4.78, 5) is 0. The van der Waals surface area contributed by atoms with Crippen LogP contribution in [0.25, 0.3) is 5.57 Å². The second-order valence-electron chi connectivity index (χ2n) is 3.72. The summed E-state index contributed by atoms with van der Waals surface area (Å²) in [6, 6.07) is 9.39. The lowest BCUT2D eigenvalue weighted by Crippen LogP contribution is -2.35. The third-order valence-corrected chi connectivity index (χ3v) is 2.70. The zero-order valence-electron chi connectivity index (χ0n) is 9.54. The van der Waals surface area contributed by atoms with Crippen molar-refractivity contribution in [2.45, 2.75) is 12.2 Å². The summed E-state index contributed by atoms with van der Waals surface area (Å²) in [5, 5.41) is 17.5. The molecule has 0 atom stereocenters. The van der Waals surface area contributed by atoms with Gasteiger partial charge in [0.2, 0.25) is 0 Å². The lowest BCUT2D eigenvalue weighted by molar-refractivity contribution is -0.106. The summed E-state index contributed by atoms with van der Waals surface area (Å²) in [6.45, 7) is 0. The highest BCUT2D eigenvalue weighted by Gasteiger charge is 2.40. The van der Waals surface area contributed by atoms with Crippen LogP contribution in [0.5, 0.6) is 0 Å². The second kappa shape index (κ2) is 5.07. The molecule has 0 aromatic heterocycles. The molecule has 1 aromatic carbocycles. The molecule has 18 heavy (non-hydrogen) atoms.